The zero-order valence-electron chi connectivity index (χ0n) is 24.6. The molecule has 2 N–H and O–H groups in total. The van der Waals surface area contributed by atoms with E-state index in [2.05, 4.69) is 27.0 Å². The first kappa shape index (κ1) is 32.5. The van der Waals surface area contributed by atoms with Gasteiger partial charge in [-0.25, -0.2) is 22.5 Å². The third-order valence-electron chi connectivity index (χ3n) is 7.26. The molecule has 1 fully saturated rings. The molecule has 2 heterocycles. The number of alkyl halides is 2. The summed E-state index contributed by atoms with van der Waals surface area (Å²) in [5, 5.41) is 9.10. The van der Waals surface area contributed by atoms with Crippen LogP contribution in [0.4, 0.5) is 23.4 Å². The number of hydrogen-bond acceptors (Lipinski definition) is 6. The predicted molar refractivity (Wildman–Crippen MR) is 175 cm³/mol. The molecule has 2 aromatic heterocycles. The second-order valence-electron chi connectivity index (χ2n) is 11.1. The number of pyridine rings is 1. The number of thioether (sulfide) groups is 1. The summed E-state index contributed by atoms with van der Waals surface area (Å²) in [5.74, 6) is 5.45. The first-order valence-electron chi connectivity index (χ1n) is 14.1. The van der Waals surface area contributed by atoms with Gasteiger partial charge in [-0.1, -0.05) is 23.6 Å². The number of fused-ring (bicyclic) bond motifs is 1. The van der Waals surface area contributed by atoms with Crippen molar-refractivity contribution in [2.45, 2.75) is 62.1 Å². The van der Waals surface area contributed by atoms with E-state index in [1.54, 1.807) is 37.0 Å². The summed E-state index contributed by atoms with van der Waals surface area (Å²) in [6, 6.07) is 10.0. The highest BCUT2D eigenvalue weighted by molar-refractivity contribution is 8.01. The maximum absolute atomic E-state index is 14.1. The van der Waals surface area contributed by atoms with Crippen LogP contribution in [0.25, 0.3) is 22.0 Å². The smallest absolute Gasteiger partial charge is 0.257 e. The molecular formula is C32H32ClF4N5S2. The Bertz CT molecular complexity index is 1710. The minimum absolute atomic E-state index is 0.205. The lowest BCUT2D eigenvalue weighted by molar-refractivity contribution is 0.123. The standard InChI is InChI=1S/C32H32ClF4N5S2/c1-32(2,43-4)12-11-21-5-8-23(29(39-21)26(38-3)15-18-13-19(34)16-20(35)14-18)24-9-10-25(33)28-30(24)42(17-27(36)37)40-31(28)41-44-22-6-7-22/h5,8-10,13-14,16,22,26-27,38H,6-7,15,17H2,1-4H3,(H,40,41). The van der Waals surface area contributed by atoms with Crippen molar-refractivity contribution in [2.24, 2.45) is 0 Å². The van der Waals surface area contributed by atoms with Crippen LogP contribution in [0.1, 0.15) is 49.7 Å². The van der Waals surface area contributed by atoms with Crippen LogP contribution in [0.5, 0.6) is 0 Å². The Hall–Kier alpha value is -2.91. The quantitative estimate of drug-likeness (QED) is 0.0955. The highest BCUT2D eigenvalue weighted by Crippen LogP contribution is 2.42. The van der Waals surface area contributed by atoms with Crippen molar-refractivity contribution in [1.82, 2.24) is 20.1 Å². The van der Waals surface area contributed by atoms with Crippen LogP contribution >= 0.6 is 35.3 Å². The summed E-state index contributed by atoms with van der Waals surface area (Å²) in [4.78, 5) is 4.93. The van der Waals surface area contributed by atoms with Crippen LogP contribution in [0.2, 0.25) is 5.02 Å². The number of likely N-dealkylation sites (N-methyl/N-ethyl adjacent to an activating group) is 1. The van der Waals surface area contributed by atoms with Gasteiger partial charge >= 0.3 is 0 Å². The van der Waals surface area contributed by atoms with Gasteiger partial charge in [-0.3, -0.25) is 4.68 Å². The Morgan fingerprint density at radius 3 is 2.43 bits per heavy atom. The maximum Gasteiger partial charge on any atom is 0.257 e. The van der Waals surface area contributed by atoms with Gasteiger partial charge in [0.25, 0.3) is 6.43 Å². The highest BCUT2D eigenvalue weighted by Gasteiger charge is 2.27. The minimum Gasteiger partial charge on any atom is -0.312 e. The van der Waals surface area contributed by atoms with E-state index in [9.17, 15) is 17.6 Å². The van der Waals surface area contributed by atoms with E-state index >= 15 is 0 Å². The summed E-state index contributed by atoms with van der Waals surface area (Å²) in [7, 11) is 1.73. The van der Waals surface area contributed by atoms with Gasteiger partial charge in [0.15, 0.2) is 5.82 Å². The Balaban J connectivity index is 1.70. The molecule has 12 heteroatoms. The summed E-state index contributed by atoms with van der Waals surface area (Å²) < 4.78 is 60.1. The van der Waals surface area contributed by atoms with E-state index in [4.69, 9.17) is 16.6 Å². The van der Waals surface area contributed by atoms with E-state index < -0.39 is 30.6 Å². The average molecular weight is 662 g/mol. The number of aromatic nitrogens is 3. The molecule has 1 aliphatic rings. The van der Waals surface area contributed by atoms with Crippen molar-refractivity contribution < 1.29 is 17.6 Å². The second-order valence-corrected chi connectivity index (χ2v) is 14.0. The first-order chi connectivity index (χ1) is 21.0. The molecule has 0 spiro atoms. The van der Waals surface area contributed by atoms with Gasteiger partial charge in [0.2, 0.25) is 0 Å². The SMILES string of the molecule is CNC(Cc1cc(F)cc(F)c1)c1nc(C#CC(C)(C)SC)ccc1-c1ccc(Cl)c2c(NSC3CC3)nn(CC(F)F)c12. The zero-order valence-corrected chi connectivity index (χ0v) is 27.0. The maximum atomic E-state index is 14.1. The van der Waals surface area contributed by atoms with E-state index in [1.807, 2.05) is 26.2 Å². The highest BCUT2D eigenvalue weighted by atomic mass is 35.5. The molecule has 2 aromatic carbocycles. The predicted octanol–water partition coefficient (Wildman–Crippen LogP) is 8.51. The molecular weight excluding hydrogens is 630 g/mol. The molecule has 4 aromatic rings. The molecule has 1 atom stereocenters. The number of halogens is 5. The van der Waals surface area contributed by atoms with E-state index in [1.165, 1.54) is 28.8 Å². The molecule has 44 heavy (non-hydrogen) atoms. The van der Waals surface area contributed by atoms with Crippen LogP contribution in [0, 0.1) is 23.5 Å². The molecule has 0 aliphatic heterocycles. The summed E-state index contributed by atoms with van der Waals surface area (Å²) in [6.45, 7) is 3.39. The van der Waals surface area contributed by atoms with Gasteiger partial charge < -0.3 is 10.0 Å². The van der Waals surface area contributed by atoms with Crippen LogP contribution in [0.15, 0.2) is 42.5 Å². The fourth-order valence-corrected chi connectivity index (χ4v) is 5.95. The van der Waals surface area contributed by atoms with Crippen LogP contribution in [-0.2, 0) is 13.0 Å². The topological polar surface area (TPSA) is 54.8 Å². The van der Waals surface area contributed by atoms with Gasteiger partial charge in [-0.05, 0) is 100 Å². The lowest BCUT2D eigenvalue weighted by Crippen LogP contribution is -2.22. The molecule has 0 radical (unpaired) electrons. The van der Waals surface area contributed by atoms with Crippen molar-refractivity contribution in [3.05, 3.63) is 76.1 Å². The monoisotopic (exact) mass is 661 g/mol. The lowest BCUT2D eigenvalue weighted by Gasteiger charge is -2.21. The molecule has 1 aliphatic carbocycles. The average Bonchev–Trinajstić information content (AvgIpc) is 3.74. The van der Waals surface area contributed by atoms with Crippen LogP contribution in [-0.4, -0.2) is 44.5 Å². The van der Waals surface area contributed by atoms with Crippen LogP contribution in [0.3, 0.4) is 0 Å². The number of rotatable bonds is 11. The Morgan fingerprint density at radius 2 is 1.80 bits per heavy atom. The Kier molecular flexibility index (Phi) is 10.0. The molecule has 0 bridgehead atoms. The molecule has 1 saturated carbocycles. The minimum atomic E-state index is -2.66. The van der Waals surface area contributed by atoms with Gasteiger partial charge in [0.1, 0.15) is 23.9 Å². The summed E-state index contributed by atoms with van der Waals surface area (Å²) >= 11 is 9.80. The fraction of sp³-hybridized carbons (Fsp3) is 0.375. The molecule has 0 amide bonds. The van der Waals surface area contributed by atoms with Crippen molar-refractivity contribution in [1.29, 1.82) is 0 Å². The first-order valence-corrected chi connectivity index (χ1v) is 16.6. The number of nitrogens with zero attached hydrogens (tertiary/aromatic N) is 3. The second kappa shape index (κ2) is 13.6. The van der Waals surface area contributed by atoms with Crippen molar-refractivity contribution >= 4 is 52.0 Å². The lowest BCUT2D eigenvalue weighted by atomic mass is 9.94. The van der Waals surface area contributed by atoms with Gasteiger partial charge in [0, 0.05) is 22.4 Å². The molecule has 1 unspecified atom stereocenters. The van der Waals surface area contributed by atoms with Crippen LogP contribution < -0.4 is 10.0 Å². The normalized spacial score (nSPS) is 14.1. The number of anilines is 1. The van der Waals surface area contributed by atoms with E-state index in [0.717, 1.165) is 18.9 Å². The van der Waals surface area contributed by atoms with Crippen molar-refractivity contribution in [2.75, 3.05) is 18.0 Å². The molecule has 5 nitrogen and oxygen atoms in total. The summed E-state index contributed by atoms with van der Waals surface area (Å²) in [5.41, 5.74) is 3.15. The number of hydrogen-bond donors (Lipinski definition) is 2. The van der Waals surface area contributed by atoms with Crippen molar-refractivity contribution in [3.63, 3.8) is 0 Å². The Labute approximate surface area is 268 Å². The fourth-order valence-electron chi connectivity index (χ4n) is 4.76. The molecule has 232 valence electrons. The van der Waals surface area contributed by atoms with E-state index in [0.29, 0.717) is 55.1 Å². The zero-order chi connectivity index (χ0) is 31.6. The van der Waals surface area contributed by atoms with E-state index in [-0.39, 0.29) is 11.2 Å². The molecule has 5 rings (SSSR count). The largest absolute Gasteiger partial charge is 0.312 e. The summed E-state index contributed by atoms with van der Waals surface area (Å²) in [6.07, 6.45) is 1.68. The number of benzene rings is 2. The Morgan fingerprint density at radius 1 is 1.09 bits per heavy atom. The van der Waals surface area contributed by atoms with Gasteiger partial charge in [0.05, 0.1) is 32.4 Å². The number of nitrogens with one attached hydrogen (secondary N) is 2. The molecule has 0 saturated heterocycles. The third-order valence-corrected chi connectivity index (χ3v) is 9.81. The van der Waals surface area contributed by atoms with Crippen molar-refractivity contribution in [3.8, 4) is 23.0 Å². The van der Waals surface area contributed by atoms with Gasteiger partial charge in [-0.15, -0.1) is 11.8 Å². The third kappa shape index (κ3) is 7.65. The van der Waals surface area contributed by atoms with Gasteiger partial charge in [-0.2, -0.15) is 5.10 Å².